The van der Waals surface area contributed by atoms with Crippen molar-refractivity contribution in [3.05, 3.63) is 53.1 Å². The van der Waals surface area contributed by atoms with Gasteiger partial charge in [-0.2, -0.15) is 0 Å². The van der Waals surface area contributed by atoms with Crippen molar-refractivity contribution in [3.63, 3.8) is 0 Å². The molecule has 1 aliphatic rings. The molecule has 1 N–H and O–H groups in total. The fourth-order valence-electron chi connectivity index (χ4n) is 4.36. The van der Waals surface area contributed by atoms with Crippen molar-refractivity contribution in [3.8, 4) is 0 Å². The van der Waals surface area contributed by atoms with E-state index in [0.29, 0.717) is 30.7 Å². The molecule has 186 valence electrons. The standard InChI is InChI=1S/C27H37ClN2O4/c1-5-34-26(31)19-27(2,3)20-6-11-25(24(18-20)29-22-9-7-21(28)8-10-22)30(14-17-32-4)23-12-15-33-16-13-23/h6-11,18,23,29H,5,12-17,19H2,1-4H3. The first-order chi connectivity index (χ1) is 16.3. The Balaban J connectivity index is 2.00. The molecule has 34 heavy (non-hydrogen) atoms. The predicted molar refractivity (Wildman–Crippen MR) is 139 cm³/mol. The van der Waals surface area contributed by atoms with E-state index < -0.39 is 0 Å². The number of halogens is 1. The van der Waals surface area contributed by atoms with Crippen LogP contribution in [0, 0.1) is 0 Å². The van der Waals surface area contributed by atoms with Crippen LogP contribution in [0.3, 0.4) is 0 Å². The molecule has 0 atom stereocenters. The molecule has 0 spiro atoms. The highest BCUT2D eigenvalue weighted by Gasteiger charge is 2.28. The molecule has 2 aromatic rings. The lowest BCUT2D eigenvalue weighted by Gasteiger charge is -2.38. The van der Waals surface area contributed by atoms with Crippen molar-refractivity contribution in [2.24, 2.45) is 0 Å². The van der Waals surface area contributed by atoms with Crippen molar-refractivity contribution in [1.82, 2.24) is 0 Å². The summed E-state index contributed by atoms with van der Waals surface area (Å²) in [5.74, 6) is -0.187. The number of rotatable bonds is 11. The first-order valence-electron chi connectivity index (χ1n) is 12.0. The molecule has 0 amide bonds. The SMILES string of the molecule is CCOC(=O)CC(C)(C)c1ccc(N(CCOC)C2CCOCC2)c(Nc2ccc(Cl)cc2)c1. The molecule has 6 nitrogen and oxygen atoms in total. The van der Waals surface area contributed by atoms with Crippen LogP contribution < -0.4 is 10.2 Å². The number of carbonyl (C=O) groups excluding carboxylic acids is 1. The summed E-state index contributed by atoms with van der Waals surface area (Å²) in [5.41, 5.74) is 3.73. The Morgan fingerprint density at radius 3 is 2.53 bits per heavy atom. The summed E-state index contributed by atoms with van der Waals surface area (Å²) >= 11 is 6.11. The number of hydrogen-bond acceptors (Lipinski definition) is 6. The van der Waals surface area contributed by atoms with Crippen LogP contribution in [0.15, 0.2) is 42.5 Å². The minimum Gasteiger partial charge on any atom is -0.466 e. The molecular formula is C27H37ClN2O4. The molecule has 1 fully saturated rings. The maximum absolute atomic E-state index is 12.3. The molecule has 1 heterocycles. The van der Waals surface area contributed by atoms with Gasteiger partial charge in [0.05, 0.1) is 31.0 Å². The summed E-state index contributed by atoms with van der Waals surface area (Å²) in [6.07, 6.45) is 2.26. The number of anilines is 3. The zero-order chi connectivity index (χ0) is 24.6. The summed E-state index contributed by atoms with van der Waals surface area (Å²) in [6, 6.07) is 14.5. The summed E-state index contributed by atoms with van der Waals surface area (Å²) in [5, 5.41) is 4.29. The molecule has 3 rings (SSSR count). The lowest BCUT2D eigenvalue weighted by molar-refractivity contribution is -0.144. The molecule has 1 aliphatic heterocycles. The Labute approximate surface area is 208 Å². The third kappa shape index (κ3) is 7.11. The van der Waals surface area contributed by atoms with Gasteiger partial charge in [0.15, 0.2) is 0 Å². The maximum Gasteiger partial charge on any atom is 0.306 e. The molecule has 0 radical (unpaired) electrons. The Morgan fingerprint density at radius 1 is 1.18 bits per heavy atom. The average molecular weight is 489 g/mol. The lowest BCUT2D eigenvalue weighted by atomic mass is 9.81. The van der Waals surface area contributed by atoms with Crippen LogP contribution in [-0.2, 0) is 24.4 Å². The Kier molecular flexibility index (Phi) is 9.63. The molecule has 0 unspecified atom stereocenters. The number of hydrogen-bond donors (Lipinski definition) is 1. The fourth-order valence-corrected chi connectivity index (χ4v) is 4.48. The van der Waals surface area contributed by atoms with Crippen LogP contribution in [0.2, 0.25) is 5.02 Å². The molecule has 1 saturated heterocycles. The zero-order valence-corrected chi connectivity index (χ0v) is 21.5. The third-order valence-electron chi connectivity index (χ3n) is 6.27. The van der Waals surface area contributed by atoms with E-state index in [4.69, 9.17) is 25.8 Å². The molecule has 7 heteroatoms. The van der Waals surface area contributed by atoms with Gasteiger partial charge in [0.25, 0.3) is 0 Å². The van der Waals surface area contributed by atoms with E-state index >= 15 is 0 Å². The second-order valence-corrected chi connectivity index (χ2v) is 9.70. The molecule has 0 aromatic heterocycles. The third-order valence-corrected chi connectivity index (χ3v) is 6.52. The topological polar surface area (TPSA) is 60.0 Å². The van der Waals surface area contributed by atoms with Crippen LogP contribution in [-0.4, -0.2) is 52.1 Å². The van der Waals surface area contributed by atoms with Gasteiger partial charge in [-0.1, -0.05) is 31.5 Å². The van der Waals surface area contributed by atoms with Gasteiger partial charge in [-0.3, -0.25) is 4.79 Å². The number of esters is 1. The van der Waals surface area contributed by atoms with Crippen molar-refractivity contribution >= 4 is 34.6 Å². The van der Waals surface area contributed by atoms with Gasteiger partial charge in [-0.15, -0.1) is 0 Å². The van der Waals surface area contributed by atoms with Crippen LogP contribution in [0.1, 0.15) is 45.6 Å². The van der Waals surface area contributed by atoms with E-state index in [9.17, 15) is 4.79 Å². The van der Waals surface area contributed by atoms with Crippen LogP contribution in [0.25, 0.3) is 0 Å². The minimum absolute atomic E-state index is 0.187. The van der Waals surface area contributed by atoms with E-state index in [1.165, 1.54) is 0 Å². The van der Waals surface area contributed by atoms with Gasteiger partial charge in [-0.25, -0.2) is 0 Å². The largest absolute Gasteiger partial charge is 0.466 e. The van der Waals surface area contributed by atoms with E-state index in [1.807, 2.05) is 31.2 Å². The molecule has 0 saturated carbocycles. The van der Waals surface area contributed by atoms with Crippen molar-refractivity contribution in [2.75, 3.05) is 50.3 Å². The Hall–Kier alpha value is -2.28. The smallest absolute Gasteiger partial charge is 0.306 e. The number of carbonyl (C=O) groups is 1. The minimum atomic E-state index is -0.378. The van der Waals surface area contributed by atoms with Gasteiger partial charge in [0.1, 0.15) is 0 Å². The second-order valence-electron chi connectivity index (χ2n) is 9.26. The van der Waals surface area contributed by atoms with E-state index in [-0.39, 0.29) is 11.4 Å². The molecule has 0 aliphatic carbocycles. The van der Waals surface area contributed by atoms with E-state index in [1.54, 1.807) is 7.11 Å². The Bertz CT molecular complexity index is 927. The van der Waals surface area contributed by atoms with E-state index in [2.05, 4.69) is 42.3 Å². The molecule has 0 bridgehead atoms. The first kappa shape index (κ1) is 26.3. The maximum atomic E-state index is 12.3. The van der Waals surface area contributed by atoms with Crippen molar-refractivity contribution in [2.45, 2.75) is 51.5 Å². The number of ether oxygens (including phenoxy) is 3. The average Bonchev–Trinajstić information content (AvgIpc) is 2.82. The van der Waals surface area contributed by atoms with Gasteiger partial charge >= 0.3 is 5.97 Å². The number of benzene rings is 2. The predicted octanol–water partition coefficient (Wildman–Crippen LogP) is 5.95. The van der Waals surface area contributed by atoms with Gasteiger partial charge < -0.3 is 24.4 Å². The van der Waals surface area contributed by atoms with Gasteiger partial charge in [0.2, 0.25) is 0 Å². The van der Waals surface area contributed by atoms with Crippen LogP contribution in [0.4, 0.5) is 17.1 Å². The number of nitrogens with one attached hydrogen (secondary N) is 1. The second kappa shape index (κ2) is 12.4. The highest BCUT2D eigenvalue weighted by Crippen LogP contribution is 2.37. The van der Waals surface area contributed by atoms with Crippen molar-refractivity contribution in [1.29, 1.82) is 0 Å². The zero-order valence-electron chi connectivity index (χ0n) is 20.7. The highest BCUT2D eigenvalue weighted by atomic mass is 35.5. The molecular weight excluding hydrogens is 452 g/mol. The van der Waals surface area contributed by atoms with Gasteiger partial charge in [0, 0.05) is 49.0 Å². The number of nitrogens with zero attached hydrogens (tertiary/aromatic N) is 1. The Morgan fingerprint density at radius 2 is 1.88 bits per heavy atom. The summed E-state index contributed by atoms with van der Waals surface area (Å²) in [4.78, 5) is 14.7. The monoisotopic (exact) mass is 488 g/mol. The van der Waals surface area contributed by atoms with Crippen LogP contribution >= 0.6 is 11.6 Å². The lowest BCUT2D eigenvalue weighted by Crippen LogP contribution is -2.41. The van der Waals surface area contributed by atoms with E-state index in [0.717, 1.165) is 55.2 Å². The first-order valence-corrected chi connectivity index (χ1v) is 12.4. The summed E-state index contributed by atoms with van der Waals surface area (Å²) in [6.45, 7) is 9.31. The number of methoxy groups -OCH3 is 1. The molecule has 2 aromatic carbocycles. The van der Waals surface area contributed by atoms with Crippen molar-refractivity contribution < 1.29 is 19.0 Å². The van der Waals surface area contributed by atoms with Crippen LogP contribution in [0.5, 0.6) is 0 Å². The normalized spacial score (nSPS) is 14.6. The van der Waals surface area contributed by atoms with Gasteiger partial charge in [-0.05, 0) is 61.7 Å². The summed E-state index contributed by atoms with van der Waals surface area (Å²) < 4.78 is 16.3. The quantitative estimate of drug-likeness (QED) is 0.394. The fraction of sp³-hybridized carbons (Fsp3) is 0.519. The highest BCUT2D eigenvalue weighted by molar-refractivity contribution is 6.30. The summed E-state index contributed by atoms with van der Waals surface area (Å²) in [7, 11) is 1.73.